The summed E-state index contributed by atoms with van der Waals surface area (Å²) < 4.78 is 16.7. The lowest BCUT2D eigenvalue weighted by Gasteiger charge is -2.37. The van der Waals surface area contributed by atoms with E-state index in [4.69, 9.17) is 14.2 Å². The van der Waals surface area contributed by atoms with Crippen molar-refractivity contribution < 1.29 is 19.0 Å². The molecule has 0 aromatic rings. The second-order valence-corrected chi connectivity index (χ2v) is 12.6. The zero-order valence-corrected chi connectivity index (χ0v) is 16.9. The van der Waals surface area contributed by atoms with Crippen LogP contribution < -0.4 is 0 Å². The molecule has 1 aliphatic carbocycles. The standard InChI is InChI=1S/C20H30O4Si/c1-17(21)22-12-10-18-9-11-20(23-13-14-24-20)16-19(18)8-6-5-7-15-25(2,3)4/h12,19H,5-6,8-9,11,13-14,16H2,1-4H3. The number of allylic oxidation sites excluding steroid dienone is 1. The third-order valence-corrected chi connectivity index (χ3v) is 5.35. The number of carbonyl (C=O) groups excluding carboxylic acids is 1. The number of hydrogen-bond acceptors (Lipinski definition) is 4. The predicted molar refractivity (Wildman–Crippen MR) is 100 cm³/mol. The predicted octanol–water partition coefficient (Wildman–Crippen LogP) is 4.18. The Bertz CT molecular complexity index is 593. The Hall–Kier alpha value is -1.31. The third kappa shape index (κ3) is 6.84. The summed E-state index contributed by atoms with van der Waals surface area (Å²) >= 11 is 0. The van der Waals surface area contributed by atoms with Crippen molar-refractivity contribution in [2.75, 3.05) is 13.2 Å². The fraction of sp³-hybridized carbons (Fsp3) is 0.700. The molecule has 1 saturated carbocycles. The van der Waals surface area contributed by atoms with E-state index in [1.807, 2.05) is 0 Å². The number of unbranched alkanes of at least 4 members (excludes halogenated alkanes) is 1. The maximum absolute atomic E-state index is 10.9. The number of esters is 1. The van der Waals surface area contributed by atoms with Gasteiger partial charge in [0.2, 0.25) is 0 Å². The molecule has 2 rings (SSSR count). The van der Waals surface area contributed by atoms with Gasteiger partial charge in [-0.3, -0.25) is 4.79 Å². The second-order valence-electron chi connectivity index (χ2n) is 7.85. The Morgan fingerprint density at radius 1 is 1.36 bits per heavy atom. The van der Waals surface area contributed by atoms with Gasteiger partial charge < -0.3 is 14.2 Å². The van der Waals surface area contributed by atoms with E-state index in [0.29, 0.717) is 19.1 Å². The van der Waals surface area contributed by atoms with E-state index in [1.165, 1.54) is 18.8 Å². The van der Waals surface area contributed by atoms with Gasteiger partial charge >= 0.3 is 5.97 Å². The van der Waals surface area contributed by atoms with Gasteiger partial charge in [-0.15, -0.1) is 11.5 Å². The molecule has 0 aromatic carbocycles. The molecule has 2 fully saturated rings. The first kappa shape index (κ1) is 20.0. The van der Waals surface area contributed by atoms with E-state index in [2.05, 4.69) is 36.8 Å². The molecular formula is C20H30O4Si. The molecule has 5 heteroatoms. The molecule has 0 amide bonds. The van der Waals surface area contributed by atoms with Gasteiger partial charge in [0.1, 0.15) is 14.3 Å². The molecular weight excluding hydrogens is 332 g/mol. The molecule has 1 unspecified atom stereocenters. The first-order chi connectivity index (χ1) is 11.8. The van der Waals surface area contributed by atoms with Crippen LogP contribution in [0.2, 0.25) is 19.6 Å². The zero-order chi connectivity index (χ0) is 18.3. The third-order valence-electron chi connectivity index (χ3n) is 4.43. The van der Waals surface area contributed by atoms with Crippen LogP contribution in [-0.4, -0.2) is 33.0 Å². The molecule has 1 atom stereocenters. The van der Waals surface area contributed by atoms with Crippen LogP contribution in [-0.2, 0) is 19.0 Å². The summed E-state index contributed by atoms with van der Waals surface area (Å²) in [4.78, 5) is 10.9. The Kier molecular flexibility index (Phi) is 7.10. The van der Waals surface area contributed by atoms with E-state index in [-0.39, 0.29) is 5.97 Å². The molecule has 1 saturated heterocycles. The molecule has 4 nitrogen and oxygen atoms in total. The van der Waals surface area contributed by atoms with Crippen LogP contribution in [0, 0.1) is 17.4 Å². The van der Waals surface area contributed by atoms with Crippen LogP contribution >= 0.6 is 0 Å². The molecule has 2 aliphatic rings. The summed E-state index contributed by atoms with van der Waals surface area (Å²) in [6.07, 6.45) is 6.96. The van der Waals surface area contributed by atoms with Crippen LogP contribution in [0.3, 0.4) is 0 Å². The van der Waals surface area contributed by atoms with Crippen molar-refractivity contribution in [2.24, 2.45) is 5.92 Å². The minimum atomic E-state index is -1.29. The maximum atomic E-state index is 10.9. The quantitative estimate of drug-likeness (QED) is 0.188. The van der Waals surface area contributed by atoms with Crippen LogP contribution in [0.15, 0.2) is 17.6 Å². The van der Waals surface area contributed by atoms with Crippen molar-refractivity contribution in [1.29, 1.82) is 0 Å². The Labute approximate surface area is 152 Å². The maximum Gasteiger partial charge on any atom is 0.308 e. The van der Waals surface area contributed by atoms with Gasteiger partial charge in [0.25, 0.3) is 0 Å². The highest BCUT2D eigenvalue weighted by atomic mass is 28.3. The fourth-order valence-electron chi connectivity index (χ4n) is 3.31. The van der Waals surface area contributed by atoms with Crippen molar-refractivity contribution in [3.05, 3.63) is 17.6 Å². The van der Waals surface area contributed by atoms with Crippen LogP contribution in [0.25, 0.3) is 0 Å². The Morgan fingerprint density at radius 3 is 2.72 bits per heavy atom. The van der Waals surface area contributed by atoms with Gasteiger partial charge in [-0.25, -0.2) is 0 Å². The molecule has 0 aromatic heterocycles. The lowest BCUT2D eigenvalue weighted by molar-refractivity contribution is -0.180. The SMILES string of the molecule is CC(=O)OC=C=C1CCC2(CC1CCCC#C[Si](C)(C)C)OCCO2. The highest BCUT2D eigenvalue weighted by molar-refractivity contribution is 6.83. The van der Waals surface area contributed by atoms with Crippen LogP contribution in [0.4, 0.5) is 0 Å². The normalized spacial score (nSPS) is 22.1. The van der Waals surface area contributed by atoms with Crippen LogP contribution in [0.5, 0.6) is 0 Å². The summed E-state index contributed by atoms with van der Waals surface area (Å²) in [5.74, 6) is 2.95. The molecule has 1 aliphatic heterocycles. The van der Waals surface area contributed by atoms with Crippen molar-refractivity contribution in [2.45, 2.75) is 70.9 Å². The van der Waals surface area contributed by atoms with Gasteiger partial charge in [-0.1, -0.05) is 25.4 Å². The average Bonchev–Trinajstić information content (AvgIpc) is 2.96. The minimum absolute atomic E-state index is 0.319. The van der Waals surface area contributed by atoms with Crippen molar-refractivity contribution in [1.82, 2.24) is 0 Å². The summed E-state index contributed by atoms with van der Waals surface area (Å²) in [5, 5.41) is 0. The smallest absolute Gasteiger partial charge is 0.308 e. The molecule has 1 spiro atoms. The van der Waals surface area contributed by atoms with E-state index in [0.717, 1.165) is 38.5 Å². The summed E-state index contributed by atoms with van der Waals surface area (Å²) in [6, 6.07) is 0. The van der Waals surface area contributed by atoms with Gasteiger partial charge in [-0.05, 0) is 30.8 Å². The second kappa shape index (κ2) is 8.87. The topological polar surface area (TPSA) is 44.8 Å². The summed E-state index contributed by atoms with van der Waals surface area (Å²) in [5.41, 5.74) is 7.80. The number of rotatable bonds is 4. The van der Waals surface area contributed by atoms with Crippen molar-refractivity contribution >= 4 is 14.0 Å². The molecule has 1 heterocycles. The Morgan fingerprint density at radius 2 is 2.08 bits per heavy atom. The lowest BCUT2D eigenvalue weighted by atomic mass is 9.78. The first-order valence-corrected chi connectivity index (χ1v) is 12.7. The van der Waals surface area contributed by atoms with Crippen molar-refractivity contribution in [3.8, 4) is 11.5 Å². The Balaban J connectivity index is 1.99. The van der Waals surface area contributed by atoms with E-state index in [9.17, 15) is 4.79 Å². The van der Waals surface area contributed by atoms with E-state index >= 15 is 0 Å². The van der Waals surface area contributed by atoms with E-state index < -0.39 is 13.9 Å². The molecule has 0 radical (unpaired) electrons. The van der Waals surface area contributed by atoms with Gasteiger partial charge in [0.15, 0.2) is 5.79 Å². The van der Waals surface area contributed by atoms with Crippen molar-refractivity contribution in [3.63, 3.8) is 0 Å². The zero-order valence-electron chi connectivity index (χ0n) is 15.9. The monoisotopic (exact) mass is 362 g/mol. The van der Waals surface area contributed by atoms with Gasteiger partial charge in [0, 0.05) is 26.2 Å². The molecule has 138 valence electrons. The lowest BCUT2D eigenvalue weighted by Crippen LogP contribution is -2.37. The van der Waals surface area contributed by atoms with Crippen LogP contribution in [0.1, 0.15) is 45.4 Å². The molecule has 25 heavy (non-hydrogen) atoms. The summed E-state index contributed by atoms with van der Waals surface area (Å²) in [6.45, 7) is 9.54. The molecule has 0 N–H and O–H groups in total. The fourth-order valence-corrected chi connectivity index (χ4v) is 3.96. The number of hydrogen-bond donors (Lipinski definition) is 0. The van der Waals surface area contributed by atoms with Gasteiger partial charge in [0.05, 0.1) is 13.2 Å². The minimum Gasteiger partial charge on any atom is -0.426 e. The summed E-state index contributed by atoms with van der Waals surface area (Å²) in [7, 11) is -1.29. The first-order valence-electron chi connectivity index (χ1n) is 9.19. The number of ether oxygens (including phenoxy) is 3. The molecule has 0 bridgehead atoms. The highest BCUT2D eigenvalue weighted by Gasteiger charge is 2.42. The van der Waals surface area contributed by atoms with Gasteiger partial charge in [-0.2, -0.15) is 0 Å². The highest BCUT2D eigenvalue weighted by Crippen LogP contribution is 2.43. The average molecular weight is 363 g/mol. The largest absolute Gasteiger partial charge is 0.426 e. The number of carbonyl (C=O) groups is 1. The van der Waals surface area contributed by atoms with E-state index in [1.54, 1.807) is 0 Å².